The Morgan fingerprint density at radius 3 is 2.33 bits per heavy atom. The lowest BCUT2D eigenvalue weighted by Gasteiger charge is -2.29. The van der Waals surface area contributed by atoms with Crippen molar-refractivity contribution in [3.8, 4) is 34.2 Å². The van der Waals surface area contributed by atoms with Crippen LogP contribution >= 0.6 is 0 Å². The van der Waals surface area contributed by atoms with Gasteiger partial charge in [0, 0.05) is 54.8 Å². The average Bonchev–Trinajstić information content (AvgIpc) is 3.49. The van der Waals surface area contributed by atoms with Gasteiger partial charge < -0.3 is 14.7 Å². The summed E-state index contributed by atoms with van der Waals surface area (Å²) in [5.41, 5.74) is 4.01. The molecular weight excluding hydrogens is 418 g/mol. The minimum absolute atomic E-state index is 0.0208. The third kappa shape index (κ3) is 3.58. The van der Waals surface area contributed by atoms with Crippen molar-refractivity contribution in [2.75, 3.05) is 31.2 Å². The number of benzene rings is 1. The van der Waals surface area contributed by atoms with Gasteiger partial charge in [0.15, 0.2) is 11.5 Å². The van der Waals surface area contributed by atoms with Crippen LogP contribution in [0.3, 0.4) is 0 Å². The second-order valence-electron chi connectivity index (χ2n) is 7.77. The van der Waals surface area contributed by atoms with Gasteiger partial charge in [-0.05, 0) is 12.1 Å². The van der Waals surface area contributed by atoms with Gasteiger partial charge in [-0.15, -0.1) is 0 Å². The molecular formula is C24H21N7O2. The van der Waals surface area contributed by atoms with Crippen molar-refractivity contribution in [1.82, 2.24) is 29.4 Å². The number of rotatable bonds is 4. The van der Waals surface area contributed by atoms with Crippen LogP contribution in [0.4, 0.5) is 5.82 Å². The molecule has 5 aromatic rings. The molecule has 0 atom stereocenters. The summed E-state index contributed by atoms with van der Waals surface area (Å²) in [6.45, 7) is 2.76. The maximum atomic E-state index is 10.7. The van der Waals surface area contributed by atoms with Crippen LogP contribution in [0, 0.1) is 0 Å². The van der Waals surface area contributed by atoms with Gasteiger partial charge in [0.2, 0.25) is 5.88 Å². The topological polar surface area (TPSA) is 93.6 Å². The van der Waals surface area contributed by atoms with Crippen LogP contribution in [-0.2, 0) is 4.74 Å². The van der Waals surface area contributed by atoms with Gasteiger partial charge in [-0.25, -0.2) is 4.98 Å². The van der Waals surface area contributed by atoms with E-state index in [0.717, 1.165) is 35.7 Å². The Hall–Kier alpha value is -4.24. The second-order valence-corrected chi connectivity index (χ2v) is 7.77. The first-order chi connectivity index (χ1) is 16.3. The lowest BCUT2D eigenvalue weighted by molar-refractivity contribution is 0.122. The highest BCUT2D eigenvalue weighted by Crippen LogP contribution is 2.29. The highest BCUT2D eigenvalue weighted by atomic mass is 16.5. The van der Waals surface area contributed by atoms with Crippen molar-refractivity contribution < 1.29 is 9.84 Å². The number of nitrogens with zero attached hydrogens (tertiary/aromatic N) is 7. The van der Waals surface area contributed by atoms with Gasteiger partial charge in [-0.1, -0.05) is 30.3 Å². The van der Waals surface area contributed by atoms with E-state index in [1.807, 2.05) is 59.1 Å². The van der Waals surface area contributed by atoms with E-state index in [1.165, 1.54) is 4.68 Å². The van der Waals surface area contributed by atoms with Crippen molar-refractivity contribution in [3.63, 3.8) is 0 Å². The molecule has 1 aliphatic rings. The smallest absolute Gasteiger partial charge is 0.216 e. The highest BCUT2D eigenvalue weighted by molar-refractivity contribution is 5.67. The minimum atomic E-state index is 0.0208. The number of morpholine rings is 1. The summed E-state index contributed by atoms with van der Waals surface area (Å²) in [5.74, 6) is 1.41. The van der Waals surface area contributed by atoms with Crippen LogP contribution in [0.1, 0.15) is 0 Å². The summed E-state index contributed by atoms with van der Waals surface area (Å²) >= 11 is 0. The summed E-state index contributed by atoms with van der Waals surface area (Å²) in [6, 6.07) is 19.1. The largest absolute Gasteiger partial charge is 0.493 e. The first-order valence-electron chi connectivity index (χ1n) is 10.7. The molecule has 4 aromatic heterocycles. The Morgan fingerprint density at radius 1 is 0.818 bits per heavy atom. The number of hydrogen-bond acceptors (Lipinski definition) is 7. The number of pyridine rings is 1. The molecule has 33 heavy (non-hydrogen) atoms. The Labute approximate surface area is 189 Å². The van der Waals surface area contributed by atoms with Crippen LogP contribution < -0.4 is 4.90 Å². The predicted molar refractivity (Wildman–Crippen MR) is 123 cm³/mol. The fourth-order valence-electron chi connectivity index (χ4n) is 4.03. The van der Waals surface area contributed by atoms with Crippen molar-refractivity contribution >= 4 is 11.5 Å². The van der Waals surface area contributed by atoms with Crippen molar-refractivity contribution in [3.05, 3.63) is 73.1 Å². The summed E-state index contributed by atoms with van der Waals surface area (Å²) in [5, 5.41) is 20.2. The van der Waals surface area contributed by atoms with E-state index >= 15 is 0 Å². The second kappa shape index (κ2) is 8.03. The molecule has 1 aromatic carbocycles. The van der Waals surface area contributed by atoms with Gasteiger partial charge in [-0.3, -0.25) is 4.98 Å². The predicted octanol–water partition coefficient (Wildman–Crippen LogP) is 3.19. The zero-order chi connectivity index (χ0) is 22.2. The molecule has 1 N–H and O–H groups in total. The highest BCUT2D eigenvalue weighted by Gasteiger charge is 2.20. The quantitative estimate of drug-likeness (QED) is 0.460. The van der Waals surface area contributed by atoms with Gasteiger partial charge in [0.05, 0.1) is 24.6 Å². The SMILES string of the molecule is Oc1cc(-c2ccccc2)nn1-c1cc(N2CCOCC2)n2nc(-c3ccncc3)cc2n1. The van der Waals surface area contributed by atoms with Gasteiger partial charge >= 0.3 is 0 Å². The maximum Gasteiger partial charge on any atom is 0.216 e. The number of anilines is 1. The van der Waals surface area contributed by atoms with E-state index in [1.54, 1.807) is 18.5 Å². The molecule has 0 radical (unpaired) electrons. The lowest BCUT2D eigenvalue weighted by atomic mass is 10.2. The molecule has 1 aliphatic heterocycles. The van der Waals surface area contributed by atoms with Crippen molar-refractivity contribution in [2.45, 2.75) is 0 Å². The monoisotopic (exact) mass is 439 g/mol. The molecule has 1 saturated heterocycles. The molecule has 1 fully saturated rings. The fourth-order valence-corrected chi connectivity index (χ4v) is 4.03. The summed E-state index contributed by atoms with van der Waals surface area (Å²) in [7, 11) is 0. The van der Waals surface area contributed by atoms with Crippen molar-refractivity contribution in [1.29, 1.82) is 0 Å². The van der Waals surface area contributed by atoms with Crippen LogP contribution in [0.2, 0.25) is 0 Å². The standard InChI is InChI=1S/C24H21N7O2/c32-24-15-20(17-4-2-1-3-5-17)28-31(24)22-16-23(29-10-12-33-13-11-29)30-21(26-22)14-19(27-30)18-6-8-25-9-7-18/h1-9,14-16,32H,10-13H2. The molecule has 6 rings (SSSR count). The summed E-state index contributed by atoms with van der Waals surface area (Å²) in [6.07, 6.45) is 3.49. The van der Waals surface area contributed by atoms with E-state index in [-0.39, 0.29) is 5.88 Å². The first-order valence-corrected chi connectivity index (χ1v) is 10.7. The number of aromatic nitrogens is 6. The van der Waals surface area contributed by atoms with E-state index in [9.17, 15) is 5.11 Å². The normalized spacial score (nSPS) is 14.1. The van der Waals surface area contributed by atoms with Crippen LogP contribution in [-0.4, -0.2) is 60.8 Å². The molecule has 0 bridgehead atoms. The third-order valence-electron chi connectivity index (χ3n) is 5.68. The molecule has 164 valence electrons. The van der Waals surface area contributed by atoms with Crippen LogP contribution in [0.5, 0.6) is 5.88 Å². The Kier molecular flexibility index (Phi) is 4.73. The lowest BCUT2D eigenvalue weighted by Crippen LogP contribution is -2.37. The number of fused-ring (bicyclic) bond motifs is 1. The van der Waals surface area contributed by atoms with Gasteiger partial charge in [0.25, 0.3) is 0 Å². The zero-order valence-corrected chi connectivity index (χ0v) is 17.7. The van der Waals surface area contributed by atoms with E-state index < -0.39 is 0 Å². The molecule has 9 nitrogen and oxygen atoms in total. The van der Waals surface area contributed by atoms with E-state index in [4.69, 9.17) is 14.8 Å². The third-order valence-corrected chi connectivity index (χ3v) is 5.68. The Bertz CT molecular complexity index is 1410. The number of hydrogen-bond donors (Lipinski definition) is 1. The zero-order valence-electron chi connectivity index (χ0n) is 17.7. The summed E-state index contributed by atoms with van der Waals surface area (Å²) < 4.78 is 8.84. The average molecular weight is 439 g/mol. The summed E-state index contributed by atoms with van der Waals surface area (Å²) in [4.78, 5) is 11.1. The number of aromatic hydroxyl groups is 1. The van der Waals surface area contributed by atoms with Gasteiger partial charge in [0.1, 0.15) is 5.82 Å². The Balaban J connectivity index is 1.51. The molecule has 0 amide bonds. The van der Waals surface area contributed by atoms with E-state index in [2.05, 4.69) is 15.0 Å². The fraction of sp³-hybridized carbons (Fsp3) is 0.167. The van der Waals surface area contributed by atoms with E-state index in [0.29, 0.717) is 30.4 Å². The molecule has 0 unspecified atom stereocenters. The molecule has 0 spiro atoms. The molecule has 0 saturated carbocycles. The molecule has 9 heteroatoms. The molecule has 5 heterocycles. The minimum Gasteiger partial charge on any atom is -0.493 e. The molecule has 0 aliphatic carbocycles. The van der Waals surface area contributed by atoms with Gasteiger partial charge in [-0.2, -0.15) is 19.4 Å². The maximum absolute atomic E-state index is 10.7. The van der Waals surface area contributed by atoms with Crippen LogP contribution in [0.15, 0.2) is 73.1 Å². The number of ether oxygens (including phenoxy) is 1. The Morgan fingerprint density at radius 2 is 1.55 bits per heavy atom. The van der Waals surface area contributed by atoms with Crippen LogP contribution in [0.25, 0.3) is 34.0 Å². The first kappa shape index (κ1) is 19.4. The van der Waals surface area contributed by atoms with Crippen molar-refractivity contribution in [2.24, 2.45) is 0 Å².